The molecule has 0 spiro atoms. The normalized spacial score (nSPS) is 22.8. The number of carbonyl (C=O) groups is 1. The molecular weight excluding hydrogens is 234 g/mol. The quantitative estimate of drug-likeness (QED) is 0.884. The maximum Gasteiger partial charge on any atom is 0.155 e. The van der Waals surface area contributed by atoms with E-state index in [4.69, 9.17) is 0 Å². The molecule has 0 saturated heterocycles. The maximum absolute atomic E-state index is 12.3. The van der Waals surface area contributed by atoms with Crippen LogP contribution in [0.1, 0.15) is 50.5 Å². The summed E-state index contributed by atoms with van der Waals surface area (Å²) in [5.74, 6) is 1.21. The first-order valence-electron chi connectivity index (χ1n) is 7.70. The van der Waals surface area contributed by atoms with Gasteiger partial charge < -0.3 is 5.32 Å². The Morgan fingerprint density at radius 2 is 1.95 bits per heavy atom. The van der Waals surface area contributed by atoms with Gasteiger partial charge in [-0.3, -0.25) is 4.79 Å². The van der Waals surface area contributed by atoms with Crippen LogP contribution in [0.5, 0.6) is 0 Å². The highest BCUT2D eigenvalue weighted by atomic mass is 16.1. The van der Waals surface area contributed by atoms with Crippen LogP contribution in [-0.4, -0.2) is 11.8 Å². The molecule has 1 fully saturated rings. The van der Waals surface area contributed by atoms with E-state index in [1.165, 1.54) is 37.7 Å². The summed E-state index contributed by atoms with van der Waals surface area (Å²) in [4.78, 5) is 12.3. The topological polar surface area (TPSA) is 29.1 Å². The minimum absolute atomic E-state index is 0.0287. The number of anilines is 1. The van der Waals surface area contributed by atoms with Gasteiger partial charge in [-0.15, -0.1) is 0 Å². The van der Waals surface area contributed by atoms with Crippen molar-refractivity contribution in [3.05, 3.63) is 29.8 Å². The molecule has 1 aliphatic carbocycles. The van der Waals surface area contributed by atoms with Crippen molar-refractivity contribution in [2.24, 2.45) is 5.92 Å². The fourth-order valence-electron chi connectivity index (χ4n) is 3.49. The van der Waals surface area contributed by atoms with E-state index in [0.717, 1.165) is 30.9 Å². The zero-order chi connectivity index (χ0) is 13.1. The fraction of sp³-hybridized carbons (Fsp3) is 0.588. The number of fused-ring (bicyclic) bond motifs is 1. The van der Waals surface area contributed by atoms with Crippen LogP contribution < -0.4 is 5.32 Å². The predicted molar refractivity (Wildman–Crippen MR) is 78.4 cm³/mol. The molecule has 19 heavy (non-hydrogen) atoms. The Morgan fingerprint density at radius 1 is 1.16 bits per heavy atom. The molecule has 1 N–H and O–H groups in total. The number of nitrogens with one attached hydrogen (secondary N) is 1. The number of Topliss-reactive ketones (excluding diaryl/α,β-unsaturated/α-hetero) is 1. The number of ketones is 1. The predicted octanol–water partition coefficient (Wildman–Crippen LogP) is 3.95. The highest BCUT2D eigenvalue weighted by molar-refractivity contribution is 5.89. The highest BCUT2D eigenvalue weighted by Crippen LogP contribution is 2.29. The summed E-state index contributed by atoms with van der Waals surface area (Å²) < 4.78 is 0. The van der Waals surface area contributed by atoms with Crippen LogP contribution in [0, 0.1) is 5.92 Å². The molecule has 2 nitrogen and oxygen atoms in total. The minimum atomic E-state index is 0.0287. The Bertz CT molecular complexity index is 423. The zero-order valence-corrected chi connectivity index (χ0v) is 11.5. The smallest absolute Gasteiger partial charge is 0.155 e. The highest BCUT2D eigenvalue weighted by Gasteiger charge is 2.26. The Kier molecular flexibility index (Phi) is 3.86. The lowest BCUT2D eigenvalue weighted by molar-refractivity contribution is -0.120. The van der Waals surface area contributed by atoms with Gasteiger partial charge in [0.15, 0.2) is 5.78 Å². The second-order valence-electron chi connectivity index (χ2n) is 6.07. The van der Waals surface area contributed by atoms with Crippen molar-refractivity contribution in [2.45, 2.75) is 57.4 Å². The van der Waals surface area contributed by atoms with Crippen molar-refractivity contribution in [1.29, 1.82) is 0 Å². The number of benzene rings is 1. The number of para-hydroxylation sites is 1. The van der Waals surface area contributed by atoms with Crippen molar-refractivity contribution in [2.75, 3.05) is 5.32 Å². The summed E-state index contributed by atoms with van der Waals surface area (Å²) in [5.41, 5.74) is 2.44. The van der Waals surface area contributed by atoms with Gasteiger partial charge in [0, 0.05) is 18.5 Å². The van der Waals surface area contributed by atoms with E-state index in [0.29, 0.717) is 5.78 Å². The average molecular weight is 257 g/mol. The van der Waals surface area contributed by atoms with Gasteiger partial charge in [-0.05, 0) is 24.0 Å². The van der Waals surface area contributed by atoms with Gasteiger partial charge in [0.25, 0.3) is 0 Å². The summed E-state index contributed by atoms with van der Waals surface area (Å²) in [6.45, 7) is 0. The Labute approximate surface area is 115 Å². The molecule has 1 aliphatic heterocycles. The van der Waals surface area contributed by atoms with E-state index in [1.54, 1.807) is 0 Å². The second-order valence-corrected chi connectivity index (χ2v) is 6.07. The molecule has 1 unspecified atom stereocenters. The van der Waals surface area contributed by atoms with E-state index in [1.807, 2.05) is 6.07 Å². The van der Waals surface area contributed by atoms with E-state index >= 15 is 0 Å². The molecule has 0 radical (unpaired) electrons. The lowest BCUT2D eigenvalue weighted by Crippen LogP contribution is -2.27. The molecule has 0 amide bonds. The minimum Gasteiger partial charge on any atom is -0.375 e. The van der Waals surface area contributed by atoms with Gasteiger partial charge in [-0.1, -0.05) is 50.3 Å². The molecule has 0 bridgehead atoms. The summed E-state index contributed by atoms with van der Waals surface area (Å²) in [6, 6.07) is 8.30. The zero-order valence-electron chi connectivity index (χ0n) is 11.5. The largest absolute Gasteiger partial charge is 0.375 e. The summed E-state index contributed by atoms with van der Waals surface area (Å²) in [5, 5.41) is 3.37. The van der Waals surface area contributed by atoms with E-state index in [-0.39, 0.29) is 6.04 Å². The molecule has 102 valence electrons. The third kappa shape index (κ3) is 2.99. The Morgan fingerprint density at radius 3 is 2.74 bits per heavy atom. The molecule has 1 heterocycles. The molecule has 1 aromatic carbocycles. The molecule has 0 aromatic heterocycles. The fourth-order valence-corrected chi connectivity index (χ4v) is 3.49. The van der Waals surface area contributed by atoms with E-state index < -0.39 is 0 Å². The van der Waals surface area contributed by atoms with Crippen molar-refractivity contribution in [3.8, 4) is 0 Å². The number of rotatable bonds is 4. The SMILES string of the molecule is O=C(CCC1CCCCC1)C1Cc2ccccc2N1. The first-order chi connectivity index (χ1) is 9.33. The molecule has 1 saturated carbocycles. The van der Waals surface area contributed by atoms with Crippen LogP contribution in [0.3, 0.4) is 0 Å². The summed E-state index contributed by atoms with van der Waals surface area (Å²) in [7, 11) is 0. The van der Waals surface area contributed by atoms with Crippen LogP contribution in [0.25, 0.3) is 0 Å². The van der Waals surface area contributed by atoms with Crippen molar-refractivity contribution >= 4 is 11.5 Å². The van der Waals surface area contributed by atoms with Gasteiger partial charge >= 0.3 is 0 Å². The molecule has 2 aliphatic rings. The third-order valence-corrected chi connectivity index (χ3v) is 4.68. The van der Waals surface area contributed by atoms with Gasteiger partial charge in [0.2, 0.25) is 0 Å². The summed E-state index contributed by atoms with van der Waals surface area (Å²) in [6.07, 6.45) is 9.54. The van der Waals surface area contributed by atoms with Crippen molar-refractivity contribution < 1.29 is 4.79 Å². The van der Waals surface area contributed by atoms with E-state index in [9.17, 15) is 4.79 Å². The first kappa shape index (κ1) is 12.7. The van der Waals surface area contributed by atoms with E-state index in [2.05, 4.69) is 23.5 Å². The summed E-state index contributed by atoms with van der Waals surface area (Å²) >= 11 is 0. The van der Waals surface area contributed by atoms with Crippen LogP contribution in [-0.2, 0) is 11.2 Å². The van der Waals surface area contributed by atoms with Crippen LogP contribution >= 0.6 is 0 Å². The van der Waals surface area contributed by atoms with Gasteiger partial charge in [0.1, 0.15) is 0 Å². The first-order valence-corrected chi connectivity index (χ1v) is 7.70. The lowest BCUT2D eigenvalue weighted by Gasteiger charge is -2.21. The van der Waals surface area contributed by atoms with Crippen LogP contribution in [0.15, 0.2) is 24.3 Å². The maximum atomic E-state index is 12.3. The molecule has 1 atom stereocenters. The van der Waals surface area contributed by atoms with Crippen LogP contribution in [0.4, 0.5) is 5.69 Å². The average Bonchev–Trinajstić information content (AvgIpc) is 2.90. The standard InChI is InChI=1S/C17H23NO/c19-17(11-10-13-6-2-1-3-7-13)16-12-14-8-4-5-9-15(14)18-16/h4-5,8-9,13,16,18H,1-3,6-7,10-12H2. The Hall–Kier alpha value is -1.31. The van der Waals surface area contributed by atoms with Gasteiger partial charge in [-0.2, -0.15) is 0 Å². The van der Waals surface area contributed by atoms with Gasteiger partial charge in [0.05, 0.1) is 6.04 Å². The lowest BCUT2D eigenvalue weighted by atomic mass is 9.85. The molecule has 3 rings (SSSR count). The Balaban J connectivity index is 1.49. The third-order valence-electron chi connectivity index (χ3n) is 4.68. The number of carbonyl (C=O) groups excluding carboxylic acids is 1. The number of hydrogen-bond acceptors (Lipinski definition) is 2. The molecular formula is C17H23NO. The van der Waals surface area contributed by atoms with Crippen molar-refractivity contribution in [3.63, 3.8) is 0 Å². The van der Waals surface area contributed by atoms with Crippen LogP contribution in [0.2, 0.25) is 0 Å². The molecule has 2 heteroatoms. The molecule has 1 aromatic rings. The van der Waals surface area contributed by atoms with Gasteiger partial charge in [-0.25, -0.2) is 0 Å². The monoisotopic (exact) mass is 257 g/mol. The van der Waals surface area contributed by atoms with Crippen molar-refractivity contribution in [1.82, 2.24) is 0 Å². The number of hydrogen-bond donors (Lipinski definition) is 1. The second kappa shape index (κ2) is 5.77.